The molecule has 226 valence electrons. The molecule has 10 heteroatoms. The normalized spacial score (nSPS) is 20.2. The number of imidazole rings is 1. The summed E-state index contributed by atoms with van der Waals surface area (Å²) in [4.78, 5) is 27.0. The summed E-state index contributed by atoms with van der Waals surface area (Å²) in [7, 11) is 1.39. The van der Waals surface area contributed by atoms with Crippen molar-refractivity contribution in [1.29, 1.82) is 5.26 Å². The SMILES string of the molecule is COC(=O)c1ccc2nc(CN3CCN(c4cccc(C5CCc6cc(C#N)cc(F)c6C5)n4)CC3)n(CC3CCO3)c2c1. The number of anilines is 1. The smallest absolute Gasteiger partial charge is 0.337 e. The molecule has 0 N–H and O–H groups in total. The number of ether oxygens (including phenoxy) is 2. The summed E-state index contributed by atoms with van der Waals surface area (Å²) in [6, 6.07) is 16.9. The van der Waals surface area contributed by atoms with Gasteiger partial charge in [0.2, 0.25) is 0 Å². The Bertz CT molecular complexity index is 1750. The van der Waals surface area contributed by atoms with Crippen LogP contribution in [0.4, 0.5) is 10.2 Å². The fourth-order valence-corrected chi connectivity index (χ4v) is 6.69. The topological polar surface area (TPSA) is 96.5 Å². The lowest BCUT2D eigenvalue weighted by molar-refractivity contribution is -0.0592. The number of carbonyl (C=O) groups is 1. The van der Waals surface area contributed by atoms with Crippen LogP contribution >= 0.6 is 0 Å². The number of nitrogens with zero attached hydrogens (tertiary/aromatic N) is 6. The number of fused-ring (bicyclic) bond motifs is 2. The van der Waals surface area contributed by atoms with Crippen molar-refractivity contribution >= 4 is 22.8 Å². The van der Waals surface area contributed by atoms with Crippen LogP contribution in [-0.4, -0.2) is 71.4 Å². The Labute approximate surface area is 255 Å². The lowest BCUT2D eigenvalue weighted by Gasteiger charge is -2.36. The van der Waals surface area contributed by atoms with Gasteiger partial charge in [-0.05, 0) is 79.3 Å². The van der Waals surface area contributed by atoms with E-state index in [0.717, 1.165) is 91.5 Å². The monoisotopic (exact) mass is 594 g/mol. The molecule has 4 heterocycles. The van der Waals surface area contributed by atoms with E-state index in [1.807, 2.05) is 18.2 Å². The number of pyridine rings is 1. The minimum absolute atomic E-state index is 0.151. The van der Waals surface area contributed by atoms with Gasteiger partial charge in [0.25, 0.3) is 0 Å². The van der Waals surface area contributed by atoms with Crippen molar-refractivity contribution in [3.05, 3.63) is 88.1 Å². The van der Waals surface area contributed by atoms with E-state index in [0.29, 0.717) is 30.6 Å². The number of halogens is 1. The summed E-state index contributed by atoms with van der Waals surface area (Å²) in [5, 5.41) is 9.20. The molecule has 2 unspecified atom stereocenters. The molecule has 44 heavy (non-hydrogen) atoms. The van der Waals surface area contributed by atoms with Crippen LogP contribution in [0, 0.1) is 17.1 Å². The number of nitriles is 1. The molecule has 0 spiro atoms. The van der Waals surface area contributed by atoms with E-state index in [-0.39, 0.29) is 23.8 Å². The fraction of sp³-hybridized carbons (Fsp3) is 0.412. The van der Waals surface area contributed by atoms with Crippen molar-refractivity contribution in [2.45, 2.75) is 50.8 Å². The molecule has 0 saturated carbocycles. The summed E-state index contributed by atoms with van der Waals surface area (Å²) in [5.74, 6) is 1.44. The third-order valence-electron chi connectivity index (χ3n) is 9.29. The van der Waals surface area contributed by atoms with Gasteiger partial charge in [-0.25, -0.2) is 19.2 Å². The average Bonchev–Trinajstić information content (AvgIpc) is 3.38. The molecule has 0 amide bonds. The molecule has 2 aliphatic heterocycles. The molecule has 2 aromatic carbocycles. The van der Waals surface area contributed by atoms with Gasteiger partial charge in [-0.2, -0.15) is 5.26 Å². The van der Waals surface area contributed by atoms with E-state index in [1.54, 1.807) is 6.07 Å². The number of hydrogen-bond donors (Lipinski definition) is 0. The first-order valence-electron chi connectivity index (χ1n) is 15.3. The third-order valence-corrected chi connectivity index (χ3v) is 9.29. The molecule has 2 saturated heterocycles. The van der Waals surface area contributed by atoms with Crippen molar-refractivity contribution in [3.8, 4) is 6.07 Å². The Balaban J connectivity index is 1.03. The molecule has 2 fully saturated rings. The van der Waals surface area contributed by atoms with E-state index in [2.05, 4.69) is 38.6 Å². The number of benzene rings is 2. The standard InChI is InChI=1S/C34H35FN6O3/c1-43-34(42)25-7-8-30-31(18-25)41(20-26-9-14-44-26)33(38-30)21-39-10-12-40(13-11-39)32-4-2-3-29(37-32)24-6-5-23-15-22(19-36)16-28(35)27(23)17-24/h2-4,7-8,15-16,18,24,26H,5-6,9-14,17,20-21H2,1H3. The van der Waals surface area contributed by atoms with Crippen molar-refractivity contribution in [2.75, 3.05) is 44.8 Å². The van der Waals surface area contributed by atoms with Crippen LogP contribution in [0.1, 0.15) is 57.3 Å². The van der Waals surface area contributed by atoms with Crippen LogP contribution in [0.3, 0.4) is 0 Å². The molecule has 2 atom stereocenters. The molecule has 1 aliphatic carbocycles. The van der Waals surface area contributed by atoms with Gasteiger partial charge in [-0.15, -0.1) is 0 Å². The van der Waals surface area contributed by atoms with Crippen LogP contribution in [0.5, 0.6) is 0 Å². The van der Waals surface area contributed by atoms with Gasteiger partial charge in [-0.1, -0.05) is 6.07 Å². The van der Waals surface area contributed by atoms with E-state index >= 15 is 0 Å². The van der Waals surface area contributed by atoms with Gasteiger partial charge in [-0.3, -0.25) is 4.90 Å². The van der Waals surface area contributed by atoms with Gasteiger partial charge in [0, 0.05) is 44.4 Å². The van der Waals surface area contributed by atoms with E-state index in [1.165, 1.54) is 13.2 Å². The molecule has 3 aliphatic rings. The highest BCUT2D eigenvalue weighted by Crippen LogP contribution is 2.34. The highest BCUT2D eigenvalue weighted by atomic mass is 19.1. The third kappa shape index (κ3) is 5.53. The highest BCUT2D eigenvalue weighted by Gasteiger charge is 2.27. The molecule has 7 rings (SSSR count). The summed E-state index contributed by atoms with van der Waals surface area (Å²) in [6.45, 7) is 5.61. The first kappa shape index (κ1) is 28.4. The quantitative estimate of drug-likeness (QED) is 0.286. The largest absolute Gasteiger partial charge is 0.465 e. The molecular formula is C34H35FN6O3. The maximum Gasteiger partial charge on any atom is 0.337 e. The number of aromatic nitrogens is 3. The Morgan fingerprint density at radius 1 is 1.11 bits per heavy atom. The zero-order chi connectivity index (χ0) is 30.2. The Kier molecular flexibility index (Phi) is 7.75. The van der Waals surface area contributed by atoms with Gasteiger partial charge in [0.1, 0.15) is 17.5 Å². The maximum atomic E-state index is 14.8. The van der Waals surface area contributed by atoms with Gasteiger partial charge >= 0.3 is 5.97 Å². The van der Waals surface area contributed by atoms with Crippen molar-refractivity contribution in [2.24, 2.45) is 0 Å². The average molecular weight is 595 g/mol. The number of hydrogen-bond acceptors (Lipinski definition) is 8. The lowest BCUT2D eigenvalue weighted by atomic mass is 9.81. The number of aryl methyl sites for hydroxylation is 1. The first-order chi connectivity index (χ1) is 21.5. The Hall–Kier alpha value is -4.33. The summed E-state index contributed by atoms with van der Waals surface area (Å²) in [5.41, 5.74) is 5.35. The second kappa shape index (κ2) is 12.0. The summed E-state index contributed by atoms with van der Waals surface area (Å²) >= 11 is 0. The number of rotatable bonds is 7. The van der Waals surface area contributed by atoms with Crippen molar-refractivity contribution in [3.63, 3.8) is 0 Å². The molecule has 4 aromatic rings. The van der Waals surface area contributed by atoms with Crippen LogP contribution < -0.4 is 4.90 Å². The second-order valence-corrected chi connectivity index (χ2v) is 11.9. The predicted octanol–water partition coefficient (Wildman–Crippen LogP) is 4.61. The number of methoxy groups -OCH3 is 1. The van der Waals surface area contributed by atoms with Crippen LogP contribution in [0.25, 0.3) is 11.0 Å². The van der Waals surface area contributed by atoms with Crippen LogP contribution in [0.15, 0.2) is 48.5 Å². The predicted molar refractivity (Wildman–Crippen MR) is 163 cm³/mol. The second-order valence-electron chi connectivity index (χ2n) is 11.9. The zero-order valence-corrected chi connectivity index (χ0v) is 24.8. The molecular weight excluding hydrogens is 559 g/mol. The number of carbonyl (C=O) groups excluding carboxylic acids is 1. The van der Waals surface area contributed by atoms with E-state index in [4.69, 9.17) is 19.4 Å². The molecule has 2 aromatic heterocycles. The fourth-order valence-electron chi connectivity index (χ4n) is 6.69. The minimum Gasteiger partial charge on any atom is -0.465 e. The molecule has 0 radical (unpaired) electrons. The van der Waals surface area contributed by atoms with Crippen LogP contribution in [-0.2, 0) is 35.4 Å². The van der Waals surface area contributed by atoms with E-state index < -0.39 is 0 Å². The number of piperazine rings is 1. The highest BCUT2D eigenvalue weighted by molar-refractivity contribution is 5.93. The Morgan fingerprint density at radius 3 is 2.70 bits per heavy atom. The van der Waals surface area contributed by atoms with Crippen molar-refractivity contribution < 1.29 is 18.7 Å². The molecule has 0 bridgehead atoms. The molecule has 9 nitrogen and oxygen atoms in total. The maximum absolute atomic E-state index is 14.8. The Morgan fingerprint density at radius 2 is 1.95 bits per heavy atom. The van der Waals surface area contributed by atoms with Gasteiger partial charge in [0.05, 0.1) is 54.5 Å². The minimum atomic E-state index is -0.357. The number of esters is 1. The van der Waals surface area contributed by atoms with Gasteiger partial charge in [0.15, 0.2) is 0 Å². The summed E-state index contributed by atoms with van der Waals surface area (Å²) < 4.78 is 27.7. The van der Waals surface area contributed by atoms with Crippen molar-refractivity contribution in [1.82, 2.24) is 19.4 Å². The van der Waals surface area contributed by atoms with Gasteiger partial charge < -0.3 is 18.9 Å². The zero-order valence-electron chi connectivity index (χ0n) is 24.8. The first-order valence-corrected chi connectivity index (χ1v) is 15.3. The summed E-state index contributed by atoms with van der Waals surface area (Å²) in [6.07, 6.45) is 3.42. The lowest BCUT2D eigenvalue weighted by Crippen LogP contribution is -2.46. The van der Waals surface area contributed by atoms with E-state index in [9.17, 15) is 14.4 Å². The van der Waals surface area contributed by atoms with Crippen LogP contribution in [0.2, 0.25) is 0 Å².